The Morgan fingerprint density at radius 2 is 1.59 bits per heavy atom. The number of fused-ring (bicyclic) bond motifs is 1. The van der Waals surface area contributed by atoms with Gasteiger partial charge in [0.15, 0.2) is 0 Å². The summed E-state index contributed by atoms with van der Waals surface area (Å²) in [5, 5.41) is 11.9. The van der Waals surface area contributed by atoms with Gasteiger partial charge in [-0.25, -0.2) is 4.98 Å². The molecule has 5 heteroatoms. The summed E-state index contributed by atoms with van der Waals surface area (Å²) in [5.74, 6) is 0.990. The predicted molar refractivity (Wildman–Crippen MR) is 144 cm³/mol. The van der Waals surface area contributed by atoms with E-state index in [1.807, 2.05) is 36.9 Å². The molecular weight excluding hydrogens is 434 g/mol. The van der Waals surface area contributed by atoms with Gasteiger partial charge < -0.3 is 9.67 Å². The van der Waals surface area contributed by atoms with Gasteiger partial charge in [0, 0.05) is 24.4 Å². The van der Waals surface area contributed by atoms with E-state index in [0.29, 0.717) is 0 Å². The van der Waals surface area contributed by atoms with Gasteiger partial charge in [-0.2, -0.15) is 0 Å². The van der Waals surface area contributed by atoms with Crippen LogP contribution in [-0.4, -0.2) is 27.7 Å². The van der Waals surface area contributed by atoms with Crippen LogP contribution in [-0.2, 0) is 7.05 Å². The van der Waals surface area contributed by atoms with E-state index in [4.69, 9.17) is 9.97 Å². The number of rotatable bonds is 4. The second kappa shape index (κ2) is 8.26. The van der Waals surface area contributed by atoms with Gasteiger partial charge in [0.2, 0.25) is 0 Å². The Labute approximate surface area is 201 Å². The molecule has 0 saturated heterocycles. The van der Waals surface area contributed by atoms with Gasteiger partial charge in [-0.15, -0.1) is 0 Å². The maximum atomic E-state index is 10.5. The van der Waals surface area contributed by atoms with Gasteiger partial charge in [-0.05, 0) is 48.0 Å². The number of para-hydroxylation sites is 1. The van der Waals surface area contributed by atoms with E-state index >= 15 is 0 Å². The largest absolute Gasteiger partial charge is 0.507 e. The molecule has 0 bridgehead atoms. The summed E-state index contributed by atoms with van der Waals surface area (Å²) in [6.07, 6.45) is 2.04. The summed E-state index contributed by atoms with van der Waals surface area (Å²) < 4.78 is 2.05. The Balaban J connectivity index is 1.61. The molecule has 0 atom stereocenters. The molecule has 0 fully saturated rings. The molecule has 0 unspecified atom stereocenters. The monoisotopic (exact) mass is 463 g/mol. The zero-order chi connectivity index (χ0) is 24.0. The minimum absolute atomic E-state index is 0.236. The van der Waals surface area contributed by atoms with Crippen LogP contribution in [0.4, 0.5) is 0 Å². The molecule has 0 radical (unpaired) electrons. The smallest absolute Gasteiger partial charge is 0.144 e. The van der Waals surface area contributed by atoms with E-state index in [1.54, 1.807) is 6.07 Å². The Bertz CT molecular complexity index is 1510. The van der Waals surface area contributed by atoms with E-state index in [1.165, 1.54) is 5.19 Å². The van der Waals surface area contributed by atoms with Crippen LogP contribution in [0.1, 0.15) is 5.56 Å². The number of nitrogens with zero attached hydrogens (tertiary/aromatic N) is 3. The number of benzene rings is 3. The third-order valence-corrected chi connectivity index (χ3v) is 8.43. The first-order chi connectivity index (χ1) is 16.2. The zero-order valence-corrected chi connectivity index (χ0v) is 21.3. The van der Waals surface area contributed by atoms with E-state index in [2.05, 4.69) is 74.2 Å². The second-order valence-corrected chi connectivity index (χ2v) is 15.0. The molecule has 0 amide bonds. The van der Waals surface area contributed by atoms with Gasteiger partial charge in [0.05, 0.1) is 30.4 Å². The van der Waals surface area contributed by atoms with Crippen LogP contribution in [0.2, 0.25) is 19.6 Å². The van der Waals surface area contributed by atoms with Crippen molar-refractivity contribution in [2.45, 2.75) is 26.6 Å². The Hall–Kier alpha value is -3.70. The first kappa shape index (κ1) is 22.1. The number of aromatic hydroxyl groups is 1. The number of pyridine rings is 1. The molecule has 5 rings (SSSR count). The summed E-state index contributed by atoms with van der Waals surface area (Å²) in [6, 6.07) is 24.7. The molecule has 2 heterocycles. The molecule has 2 aromatic heterocycles. The maximum Gasteiger partial charge on any atom is 0.144 e. The lowest BCUT2D eigenvalue weighted by molar-refractivity contribution is 0.476. The average Bonchev–Trinajstić information content (AvgIpc) is 3.16. The van der Waals surface area contributed by atoms with Crippen molar-refractivity contribution >= 4 is 24.3 Å². The number of phenolic OH excluding ortho intramolecular Hbond substituents is 1. The van der Waals surface area contributed by atoms with Crippen molar-refractivity contribution < 1.29 is 5.11 Å². The maximum absolute atomic E-state index is 10.5. The van der Waals surface area contributed by atoms with Crippen LogP contribution in [0, 0.1) is 6.92 Å². The quantitative estimate of drug-likeness (QED) is 0.308. The SMILES string of the molecule is Cc1ccc(O)c(-c2nc3c(-c4cccc(-c5ccc([Si](C)(C)C)cn5)c4)cccc3n2C)c1. The van der Waals surface area contributed by atoms with E-state index in [9.17, 15) is 5.11 Å². The van der Waals surface area contributed by atoms with Gasteiger partial charge >= 0.3 is 0 Å². The molecule has 4 nitrogen and oxygen atoms in total. The lowest BCUT2D eigenvalue weighted by atomic mass is 10.0. The number of imidazole rings is 1. The average molecular weight is 464 g/mol. The topological polar surface area (TPSA) is 50.9 Å². The van der Waals surface area contributed by atoms with E-state index in [0.717, 1.165) is 50.4 Å². The van der Waals surface area contributed by atoms with Crippen LogP contribution in [0.3, 0.4) is 0 Å². The van der Waals surface area contributed by atoms with Crippen molar-refractivity contribution in [1.29, 1.82) is 0 Å². The van der Waals surface area contributed by atoms with Crippen molar-refractivity contribution in [3.05, 3.63) is 84.6 Å². The van der Waals surface area contributed by atoms with E-state index < -0.39 is 8.07 Å². The van der Waals surface area contributed by atoms with Crippen LogP contribution >= 0.6 is 0 Å². The molecule has 0 saturated carbocycles. The summed E-state index contributed by atoms with van der Waals surface area (Å²) >= 11 is 0. The highest BCUT2D eigenvalue weighted by atomic mass is 28.3. The highest BCUT2D eigenvalue weighted by molar-refractivity contribution is 6.88. The lowest BCUT2D eigenvalue weighted by Gasteiger charge is -2.16. The van der Waals surface area contributed by atoms with Crippen molar-refractivity contribution in [1.82, 2.24) is 14.5 Å². The molecule has 0 aliphatic rings. The van der Waals surface area contributed by atoms with Gasteiger partial charge in [-0.1, -0.05) is 67.7 Å². The van der Waals surface area contributed by atoms with Gasteiger partial charge in [0.1, 0.15) is 11.6 Å². The fourth-order valence-corrected chi connectivity index (χ4v) is 5.41. The minimum Gasteiger partial charge on any atom is -0.507 e. The predicted octanol–water partition coefficient (Wildman–Crippen LogP) is 6.53. The summed E-state index contributed by atoms with van der Waals surface area (Å²) in [5.41, 5.74) is 7.98. The van der Waals surface area contributed by atoms with Crippen molar-refractivity contribution in [3.63, 3.8) is 0 Å². The van der Waals surface area contributed by atoms with Gasteiger partial charge in [-0.3, -0.25) is 4.98 Å². The Morgan fingerprint density at radius 1 is 0.824 bits per heavy atom. The Morgan fingerprint density at radius 3 is 2.32 bits per heavy atom. The second-order valence-electron chi connectivity index (χ2n) is 9.95. The molecule has 34 heavy (non-hydrogen) atoms. The number of aromatic nitrogens is 3. The zero-order valence-electron chi connectivity index (χ0n) is 20.3. The van der Waals surface area contributed by atoms with Crippen LogP contribution in [0.5, 0.6) is 5.75 Å². The summed E-state index contributed by atoms with van der Waals surface area (Å²) in [7, 11) is 0.616. The van der Waals surface area contributed by atoms with Crippen LogP contribution < -0.4 is 5.19 Å². The number of hydrogen-bond donors (Lipinski definition) is 1. The van der Waals surface area contributed by atoms with Gasteiger partial charge in [0.25, 0.3) is 0 Å². The molecule has 0 aliphatic carbocycles. The summed E-state index contributed by atoms with van der Waals surface area (Å²) in [4.78, 5) is 9.77. The highest BCUT2D eigenvalue weighted by Gasteiger charge is 2.18. The molecule has 1 N–H and O–H groups in total. The molecule has 5 aromatic rings. The molecular formula is C29H29N3OSi. The highest BCUT2D eigenvalue weighted by Crippen LogP contribution is 2.35. The summed E-state index contributed by atoms with van der Waals surface area (Å²) in [6.45, 7) is 9.03. The fraction of sp³-hybridized carbons (Fsp3) is 0.172. The number of phenols is 1. The van der Waals surface area contributed by atoms with Crippen molar-refractivity contribution in [3.8, 4) is 39.5 Å². The minimum atomic E-state index is -1.38. The first-order valence-electron chi connectivity index (χ1n) is 11.5. The molecule has 0 spiro atoms. The van der Waals surface area contributed by atoms with Crippen LogP contribution in [0.25, 0.3) is 44.8 Å². The van der Waals surface area contributed by atoms with Crippen molar-refractivity contribution in [2.75, 3.05) is 0 Å². The third kappa shape index (κ3) is 3.92. The lowest BCUT2D eigenvalue weighted by Crippen LogP contribution is -2.37. The van der Waals surface area contributed by atoms with Crippen molar-refractivity contribution in [2.24, 2.45) is 7.05 Å². The van der Waals surface area contributed by atoms with E-state index in [-0.39, 0.29) is 5.75 Å². The fourth-order valence-electron chi connectivity index (χ4n) is 4.37. The standard InChI is InChI=1S/C29H29N3OSi/c1-19-12-15-27(33)24(16-19)29-31-28-23(10-7-11-26(28)32(29)2)20-8-6-9-21(17-20)25-14-13-22(18-30-25)34(3,4)5/h6-18,33H,1-5H3. The third-order valence-electron chi connectivity index (χ3n) is 6.40. The number of aryl methyl sites for hydroxylation is 2. The Kier molecular flexibility index (Phi) is 5.37. The van der Waals surface area contributed by atoms with Crippen LogP contribution in [0.15, 0.2) is 79.0 Å². The molecule has 3 aromatic carbocycles. The number of hydrogen-bond acceptors (Lipinski definition) is 3. The first-order valence-corrected chi connectivity index (χ1v) is 15.0. The molecule has 0 aliphatic heterocycles. The molecule has 170 valence electrons. The normalized spacial score (nSPS) is 11.8.